The number of aryl methyl sites for hydroxylation is 1. The Balaban J connectivity index is 1.93. The summed E-state index contributed by atoms with van der Waals surface area (Å²) >= 11 is 0. The van der Waals surface area contributed by atoms with Crippen LogP contribution in [0.15, 0.2) is 35.3 Å². The van der Waals surface area contributed by atoms with Crippen molar-refractivity contribution >= 4 is 22.4 Å². The highest BCUT2D eigenvalue weighted by Crippen LogP contribution is 2.17. The molecule has 6 nitrogen and oxygen atoms in total. The lowest BCUT2D eigenvalue weighted by Gasteiger charge is -2.10. The van der Waals surface area contributed by atoms with E-state index in [9.17, 15) is 13.8 Å². The topological polar surface area (TPSA) is 88.3 Å². The zero-order valence-corrected chi connectivity index (χ0v) is 16.1. The van der Waals surface area contributed by atoms with Crippen LogP contribution in [-0.4, -0.2) is 27.5 Å². The van der Waals surface area contributed by atoms with Gasteiger partial charge in [-0.15, -0.1) is 0 Å². The molecule has 2 aromatic rings. The Bertz CT molecular complexity index is 861. The zero-order valence-electron chi connectivity index (χ0n) is 15.3. The van der Waals surface area contributed by atoms with Gasteiger partial charge in [-0.05, 0) is 37.5 Å². The number of hydrogen-bond donors (Lipinski definition) is 2. The highest BCUT2D eigenvalue weighted by Gasteiger charge is 2.12. The summed E-state index contributed by atoms with van der Waals surface area (Å²) in [4.78, 5) is 27.0. The summed E-state index contributed by atoms with van der Waals surface area (Å²) in [5, 5.41) is 2.79. The van der Waals surface area contributed by atoms with Gasteiger partial charge in [0, 0.05) is 34.4 Å². The Morgan fingerprint density at radius 1 is 1.31 bits per heavy atom. The number of carbonyl (C=O) groups excluding carboxylic acids is 1. The highest BCUT2D eigenvalue weighted by atomic mass is 32.2. The molecule has 140 valence electrons. The summed E-state index contributed by atoms with van der Waals surface area (Å²) < 4.78 is 17.5. The SMILES string of the molecule is CCCOc1c[nH]c(CS(=O)CC(=O)Nc2cccc(C)c2C)cc1=O. The van der Waals surface area contributed by atoms with Gasteiger partial charge in [-0.3, -0.25) is 13.8 Å². The zero-order chi connectivity index (χ0) is 19.1. The molecule has 0 saturated carbocycles. The average molecular weight is 376 g/mol. The fraction of sp³-hybridized carbons (Fsp3) is 0.368. The molecule has 1 aromatic carbocycles. The summed E-state index contributed by atoms with van der Waals surface area (Å²) in [6, 6.07) is 7.01. The molecule has 1 atom stereocenters. The molecule has 0 fully saturated rings. The van der Waals surface area contributed by atoms with E-state index in [1.54, 1.807) is 0 Å². The molecule has 0 bridgehead atoms. The molecule has 0 spiro atoms. The lowest BCUT2D eigenvalue weighted by Crippen LogP contribution is -2.21. The standard InChI is InChI=1S/C19H24N2O4S/c1-4-8-25-18-10-20-15(9-17(18)22)11-26(24)12-19(23)21-16-7-5-6-13(2)14(16)3/h5-7,9-10H,4,8,11-12H2,1-3H3,(H,20,22)(H,21,23). The first-order valence-corrected chi connectivity index (χ1v) is 9.95. The fourth-order valence-corrected chi connectivity index (χ4v) is 3.33. The molecule has 1 unspecified atom stereocenters. The predicted molar refractivity (Wildman–Crippen MR) is 104 cm³/mol. The first kappa shape index (κ1) is 19.9. The number of carbonyl (C=O) groups is 1. The molecular weight excluding hydrogens is 352 g/mol. The number of pyridine rings is 1. The predicted octanol–water partition coefficient (Wildman–Crippen LogP) is 2.67. The van der Waals surface area contributed by atoms with E-state index < -0.39 is 10.8 Å². The molecule has 26 heavy (non-hydrogen) atoms. The van der Waals surface area contributed by atoms with Crippen LogP contribution in [-0.2, 0) is 21.3 Å². The second-order valence-electron chi connectivity index (χ2n) is 6.06. The quantitative estimate of drug-likeness (QED) is 0.741. The number of aromatic nitrogens is 1. The maximum atomic E-state index is 12.2. The number of anilines is 1. The van der Waals surface area contributed by atoms with Gasteiger partial charge in [0.2, 0.25) is 11.3 Å². The van der Waals surface area contributed by atoms with Gasteiger partial charge < -0.3 is 15.0 Å². The van der Waals surface area contributed by atoms with E-state index in [2.05, 4.69) is 10.3 Å². The van der Waals surface area contributed by atoms with Crippen LogP contribution in [0.25, 0.3) is 0 Å². The van der Waals surface area contributed by atoms with Gasteiger partial charge in [0.05, 0.1) is 12.4 Å². The smallest absolute Gasteiger partial charge is 0.237 e. The van der Waals surface area contributed by atoms with Gasteiger partial charge in [-0.25, -0.2) is 0 Å². The third-order valence-corrected chi connectivity index (χ3v) is 5.10. The summed E-state index contributed by atoms with van der Waals surface area (Å²) in [6.45, 7) is 6.31. The first-order valence-electron chi connectivity index (χ1n) is 8.46. The monoisotopic (exact) mass is 376 g/mol. The average Bonchev–Trinajstić information content (AvgIpc) is 2.58. The summed E-state index contributed by atoms with van der Waals surface area (Å²) in [6.07, 6.45) is 2.28. The van der Waals surface area contributed by atoms with Crippen molar-refractivity contribution in [3.8, 4) is 5.75 Å². The van der Waals surface area contributed by atoms with E-state index in [1.807, 2.05) is 39.0 Å². The summed E-state index contributed by atoms with van der Waals surface area (Å²) in [7, 11) is -1.43. The molecule has 2 rings (SSSR count). The van der Waals surface area contributed by atoms with E-state index in [0.717, 1.165) is 23.2 Å². The molecule has 1 heterocycles. The lowest BCUT2D eigenvalue weighted by atomic mass is 10.1. The molecule has 0 saturated heterocycles. The number of rotatable bonds is 8. The van der Waals surface area contributed by atoms with Crippen molar-refractivity contribution in [1.29, 1.82) is 0 Å². The summed E-state index contributed by atoms with van der Waals surface area (Å²) in [5.41, 5.74) is 3.03. The molecule has 7 heteroatoms. The van der Waals surface area contributed by atoms with E-state index in [1.165, 1.54) is 12.3 Å². The molecule has 1 amide bonds. The van der Waals surface area contributed by atoms with E-state index >= 15 is 0 Å². The largest absolute Gasteiger partial charge is 0.488 e. The maximum Gasteiger partial charge on any atom is 0.237 e. The molecule has 0 radical (unpaired) electrons. The molecule has 0 aliphatic rings. The van der Waals surface area contributed by atoms with Gasteiger partial charge in [-0.2, -0.15) is 0 Å². The minimum absolute atomic E-state index is 0.101. The number of ether oxygens (including phenoxy) is 1. The van der Waals surface area contributed by atoms with Crippen molar-refractivity contribution in [2.24, 2.45) is 0 Å². The molecular formula is C19H24N2O4S. The van der Waals surface area contributed by atoms with Crippen LogP contribution < -0.4 is 15.5 Å². The number of aromatic amines is 1. The van der Waals surface area contributed by atoms with Gasteiger partial charge >= 0.3 is 0 Å². The highest BCUT2D eigenvalue weighted by molar-refractivity contribution is 7.84. The van der Waals surface area contributed by atoms with E-state index in [0.29, 0.717) is 12.3 Å². The van der Waals surface area contributed by atoms with E-state index in [-0.39, 0.29) is 28.6 Å². The molecule has 1 aromatic heterocycles. The lowest BCUT2D eigenvalue weighted by molar-refractivity contribution is -0.113. The van der Waals surface area contributed by atoms with Crippen LogP contribution in [0.1, 0.15) is 30.2 Å². The van der Waals surface area contributed by atoms with Crippen LogP contribution in [0, 0.1) is 13.8 Å². The van der Waals surface area contributed by atoms with Crippen molar-refractivity contribution in [1.82, 2.24) is 4.98 Å². The maximum absolute atomic E-state index is 12.2. The van der Waals surface area contributed by atoms with Gasteiger partial charge in [-0.1, -0.05) is 19.1 Å². The fourth-order valence-electron chi connectivity index (χ4n) is 2.35. The van der Waals surface area contributed by atoms with Crippen molar-refractivity contribution in [2.45, 2.75) is 32.9 Å². The van der Waals surface area contributed by atoms with Crippen molar-refractivity contribution < 1.29 is 13.7 Å². The van der Waals surface area contributed by atoms with Gasteiger partial charge in [0.15, 0.2) is 5.75 Å². The Morgan fingerprint density at radius 2 is 2.08 bits per heavy atom. The van der Waals surface area contributed by atoms with Gasteiger partial charge in [0.25, 0.3) is 0 Å². The first-order chi connectivity index (χ1) is 12.4. The third kappa shape index (κ3) is 5.56. The minimum atomic E-state index is -1.43. The number of H-pyrrole nitrogens is 1. The second kappa shape index (κ2) is 9.33. The number of amides is 1. The van der Waals surface area contributed by atoms with Gasteiger partial charge in [0.1, 0.15) is 5.75 Å². The van der Waals surface area contributed by atoms with Crippen LogP contribution in [0.2, 0.25) is 0 Å². The Labute approximate surface area is 155 Å². The number of nitrogens with one attached hydrogen (secondary N) is 2. The van der Waals surface area contributed by atoms with Crippen LogP contribution in [0.3, 0.4) is 0 Å². The Hall–Kier alpha value is -2.41. The van der Waals surface area contributed by atoms with Crippen molar-refractivity contribution in [2.75, 3.05) is 17.7 Å². The van der Waals surface area contributed by atoms with Crippen molar-refractivity contribution in [3.05, 3.63) is 57.5 Å². The van der Waals surface area contributed by atoms with E-state index in [4.69, 9.17) is 4.74 Å². The van der Waals surface area contributed by atoms with Crippen LogP contribution >= 0.6 is 0 Å². The van der Waals surface area contributed by atoms with Crippen molar-refractivity contribution in [3.63, 3.8) is 0 Å². The minimum Gasteiger partial charge on any atom is -0.488 e. The normalized spacial score (nSPS) is 11.8. The van der Waals surface area contributed by atoms with Crippen LogP contribution in [0.5, 0.6) is 5.75 Å². The Kier molecular flexibility index (Phi) is 7.15. The van der Waals surface area contributed by atoms with Crippen LogP contribution in [0.4, 0.5) is 5.69 Å². The second-order valence-corrected chi connectivity index (χ2v) is 7.52. The Morgan fingerprint density at radius 3 is 2.77 bits per heavy atom. The summed E-state index contributed by atoms with van der Waals surface area (Å²) in [5.74, 6) is -0.108. The molecule has 2 N–H and O–H groups in total. The third-order valence-electron chi connectivity index (χ3n) is 3.89. The number of benzene rings is 1. The number of hydrogen-bond acceptors (Lipinski definition) is 4. The molecule has 0 aliphatic carbocycles. The molecule has 0 aliphatic heterocycles.